The number of ether oxygens (including phenoxy) is 2. The molecule has 1 aromatic carbocycles. The van der Waals surface area contributed by atoms with Crippen molar-refractivity contribution in [2.75, 3.05) is 43.2 Å². The zero-order valence-electron chi connectivity index (χ0n) is 12.2. The maximum atomic E-state index is 13.9. The van der Waals surface area contributed by atoms with Crippen molar-refractivity contribution in [3.05, 3.63) is 24.3 Å². The van der Waals surface area contributed by atoms with Crippen LogP contribution >= 0.6 is 12.4 Å². The summed E-state index contributed by atoms with van der Waals surface area (Å²) in [5, 5.41) is 2.91. The molecule has 2 atom stereocenters. The average Bonchev–Trinajstić information content (AvgIpc) is 2.89. The van der Waals surface area contributed by atoms with Gasteiger partial charge in [-0.2, -0.15) is 0 Å². The molecular formula is C14H19ClFN3O3. The Morgan fingerprint density at radius 1 is 1.36 bits per heavy atom. The number of rotatable bonds is 3. The molecule has 2 heterocycles. The summed E-state index contributed by atoms with van der Waals surface area (Å²) in [5.41, 5.74) is 1.44. The highest BCUT2D eigenvalue weighted by atomic mass is 35.5. The van der Waals surface area contributed by atoms with Crippen LogP contribution in [0.4, 0.5) is 20.6 Å². The number of nitrogens with one attached hydrogen (secondary N) is 1. The Hall–Kier alpha value is -1.57. The summed E-state index contributed by atoms with van der Waals surface area (Å²) in [5.74, 6) is 0. The normalized spacial score (nSPS) is 24.9. The van der Waals surface area contributed by atoms with Gasteiger partial charge in [0.15, 0.2) is 12.5 Å². The molecule has 0 radical (unpaired) electrons. The number of benzene rings is 1. The van der Waals surface area contributed by atoms with Gasteiger partial charge in [-0.15, -0.1) is 12.4 Å². The fraction of sp³-hybridized carbons (Fsp3) is 0.500. The lowest BCUT2D eigenvalue weighted by atomic mass is 10.2. The minimum absolute atomic E-state index is 0. The van der Waals surface area contributed by atoms with Crippen molar-refractivity contribution in [2.45, 2.75) is 12.5 Å². The molecule has 8 heteroatoms. The van der Waals surface area contributed by atoms with Crippen LogP contribution in [-0.2, 0) is 9.47 Å². The molecule has 6 nitrogen and oxygen atoms in total. The van der Waals surface area contributed by atoms with E-state index < -0.39 is 12.4 Å². The van der Waals surface area contributed by atoms with Gasteiger partial charge in [0.2, 0.25) is 0 Å². The minimum Gasteiger partial charge on any atom is -0.428 e. The molecule has 0 bridgehead atoms. The first-order chi connectivity index (χ1) is 10.2. The maximum absolute atomic E-state index is 13.9. The first-order valence-corrected chi connectivity index (χ1v) is 6.93. The second-order valence-electron chi connectivity index (χ2n) is 4.99. The van der Waals surface area contributed by atoms with Crippen molar-refractivity contribution in [3.63, 3.8) is 0 Å². The maximum Gasteiger partial charge on any atom is 0.416 e. The molecule has 0 saturated carbocycles. The Morgan fingerprint density at radius 2 is 2.14 bits per heavy atom. The SMILES string of the molecule is CNC1CN(c2cccc(N3CCOCC3F)c2)C(=O)O1.Cl. The van der Waals surface area contributed by atoms with Crippen molar-refractivity contribution in [1.82, 2.24) is 5.32 Å². The van der Waals surface area contributed by atoms with Crippen LogP contribution in [0.25, 0.3) is 0 Å². The third-order valence-corrected chi connectivity index (χ3v) is 3.68. The van der Waals surface area contributed by atoms with Gasteiger partial charge in [-0.25, -0.2) is 9.18 Å². The molecule has 2 fully saturated rings. The van der Waals surface area contributed by atoms with E-state index in [0.717, 1.165) is 5.69 Å². The van der Waals surface area contributed by atoms with Crippen molar-refractivity contribution < 1.29 is 18.7 Å². The highest BCUT2D eigenvalue weighted by molar-refractivity contribution is 5.90. The molecule has 2 saturated heterocycles. The van der Waals surface area contributed by atoms with Crippen LogP contribution < -0.4 is 15.1 Å². The zero-order valence-corrected chi connectivity index (χ0v) is 13.0. The van der Waals surface area contributed by atoms with Gasteiger partial charge in [0.05, 0.1) is 19.8 Å². The van der Waals surface area contributed by atoms with Gasteiger partial charge in [0.1, 0.15) is 0 Å². The largest absolute Gasteiger partial charge is 0.428 e. The first-order valence-electron chi connectivity index (χ1n) is 6.93. The third-order valence-electron chi connectivity index (χ3n) is 3.68. The van der Waals surface area contributed by atoms with Crippen LogP contribution in [0.1, 0.15) is 0 Å². The molecule has 2 aliphatic rings. The number of morpholine rings is 1. The Labute approximate surface area is 134 Å². The van der Waals surface area contributed by atoms with Crippen LogP contribution in [-0.4, -0.2) is 52.0 Å². The molecule has 22 heavy (non-hydrogen) atoms. The monoisotopic (exact) mass is 331 g/mol. The summed E-state index contributed by atoms with van der Waals surface area (Å²) in [6.07, 6.45) is -1.88. The second kappa shape index (κ2) is 7.13. The standard InChI is InChI=1S/C14H18FN3O3.ClH/c1-16-13-8-18(14(19)21-13)11-4-2-3-10(7-11)17-5-6-20-9-12(17)15;/h2-4,7,12-13,16H,5-6,8-9H2,1H3;1H. The summed E-state index contributed by atoms with van der Waals surface area (Å²) < 4.78 is 24.2. The number of halogens is 2. The first kappa shape index (κ1) is 16.8. The lowest BCUT2D eigenvalue weighted by Gasteiger charge is -2.32. The smallest absolute Gasteiger partial charge is 0.416 e. The lowest BCUT2D eigenvalue weighted by Crippen LogP contribution is -2.43. The highest BCUT2D eigenvalue weighted by Gasteiger charge is 2.32. The van der Waals surface area contributed by atoms with E-state index in [0.29, 0.717) is 25.4 Å². The molecule has 1 amide bonds. The van der Waals surface area contributed by atoms with E-state index in [9.17, 15) is 9.18 Å². The summed E-state index contributed by atoms with van der Waals surface area (Å²) in [4.78, 5) is 15.0. The number of carbonyl (C=O) groups excluding carboxylic acids is 1. The van der Waals surface area contributed by atoms with Crippen molar-refractivity contribution in [3.8, 4) is 0 Å². The predicted molar refractivity (Wildman–Crippen MR) is 83.4 cm³/mol. The summed E-state index contributed by atoms with van der Waals surface area (Å²) in [6, 6.07) is 7.26. The van der Waals surface area contributed by atoms with E-state index in [-0.39, 0.29) is 25.2 Å². The average molecular weight is 332 g/mol. The van der Waals surface area contributed by atoms with Gasteiger partial charge in [0, 0.05) is 17.9 Å². The number of cyclic esters (lactones) is 1. The number of hydrogen-bond acceptors (Lipinski definition) is 5. The Balaban J connectivity index is 0.00000176. The Morgan fingerprint density at radius 3 is 2.82 bits per heavy atom. The van der Waals surface area contributed by atoms with Gasteiger partial charge in [0.25, 0.3) is 0 Å². The number of alkyl halides is 1. The predicted octanol–water partition coefficient (Wildman–Crippen LogP) is 1.74. The molecule has 1 aromatic rings. The molecule has 0 spiro atoms. The van der Waals surface area contributed by atoms with Crippen molar-refractivity contribution in [1.29, 1.82) is 0 Å². The zero-order chi connectivity index (χ0) is 14.8. The van der Waals surface area contributed by atoms with Crippen LogP contribution in [0.5, 0.6) is 0 Å². The molecule has 1 N–H and O–H groups in total. The Kier molecular flexibility index (Phi) is 5.44. The van der Waals surface area contributed by atoms with Gasteiger partial charge >= 0.3 is 6.09 Å². The summed E-state index contributed by atoms with van der Waals surface area (Å²) in [6.45, 7) is 1.49. The van der Waals surface area contributed by atoms with Crippen LogP contribution in [0.3, 0.4) is 0 Å². The second-order valence-corrected chi connectivity index (χ2v) is 4.99. The van der Waals surface area contributed by atoms with E-state index in [4.69, 9.17) is 9.47 Å². The van der Waals surface area contributed by atoms with Crippen molar-refractivity contribution in [2.24, 2.45) is 0 Å². The van der Waals surface area contributed by atoms with E-state index in [1.165, 1.54) is 0 Å². The van der Waals surface area contributed by atoms with E-state index in [1.54, 1.807) is 22.9 Å². The molecular weight excluding hydrogens is 313 g/mol. The summed E-state index contributed by atoms with van der Waals surface area (Å²) in [7, 11) is 1.74. The summed E-state index contributed by atoms with van der Waals surface area (Å²) >= 11 is 0. The van der Waals surface area contributed by atoms with Crippen LogP contribution in [0.2, 0.25) is 0 Å². The van der Waals surface area contributed by atoms with Gasteiger partial charge in [-0.05, 0) is 25.2 Å². The number of likely N-dealkylation sites (N-methyl/N-ethyl adjacent to an activating group) is 1. The number of hydrogen-bond donors (Lipinski definition) is 1. The van der Waals surface area contributed by atoms with Gasteiger partial charge < -0.3 is 14.4 Å². The molecule has 0 aliphatic carbocycles. The van der Waals surface area contributed by atoms with Crippen molar-refractivity contribution >= 4 is 29.9 Å². The fourth-order valence-electron chi connectivity index (χ4n) is 2.53. The lowest BCUT2D eigenvalue weighted by molar-refractivity contribution is 0.0497. The van der Waals surface area contributed by atoms with E-state index in [1.807, 2.05) is 18.2 Å². The quantitative estimate of drug-likeness (QED) is 0.855. The third kappa shape index (κ3) is 3.26. The number of nitrogens with zero attached hydrogens (tertiary/aromatic N) is 2. The molecule has 2 unspecified atom stereocenters. The van der Waals surface area contributed by atoms with E-state index >= 15 is 0 Å². The molecule has 3 rings (SSSR count). The molecule has 122 valence electrons. The topological polar surface area (TPSA) is 54.0 Å². The minimum atomic E-state index is -1.16. The number of carbonyl (C=O) groups is 1. The van der Waals surface area contributed by atoms with Crippen LogP contribution in [0.15, 0.2) is 24.3 Å². The number of amides is 1. The molecule has 0 aromatic heterocycles. The highest BCUT2D eigenvalue weighted by Crippen LogP contribution is 2.28. The van der Waals surface area contributed by atoms with E-state index in [2.05, 4.69) is 5.32 Å². The van der Waals surface area contributed by atoms with Crippen LogP contribution in [0, 0.1) is 0 Å². The number of anilines is 2. The van der Waals surface area contributed by atoms with Gasteiger partial charge in [-0.1, -0.05) is 6.07 Å². The Bertz CT molecular complexity index is 534. The fourth-order valence-corrected chi connectivity index (χ4v) is 2.53. The molecule has 2 aliphatic heterocycles. The van der Waals surface area contributed by atoms with Gasteiger partial charge in [-0.3, -0.25) is 10.2 Å².